The number of ether oxygens (including phenoxy) is 1. The van der Waals surface area contributed by atoms with Crippen LogP contribution in [0.4, 0.5) is 11.4 Å². The van der Waals surface area contributed by atoms with Crippen LogP contribution in [-0.2, 0) is 28.1 Å². The normalized spacial score (nSPS) is 24.4. The lowest BCUT2D eigenvalue weighted by molar-refractivity contribution is -0.145. The third-order valence-corrected chi connectivity index (χ3v) is 10.5. The van der Waals surface area contributed by atoms with Gasteiger partial charge in [0, 0.05) is 61.1 Å². The van der Waals surface area contributed by atoms with Gasteiger partial charge >= 0.3 is 0 Å². The fourth-order valence-electron chi connectivity index (χ4n) is 6.26. The minimum atomic E-state index is -2.79. The second kappa shape index (κ2) is 10.3. The average Bonchev–Trinajstić information content (AvgIpc) is 3.54. The van der Waals surface area contributed by atoms with Gasteiger partial charge in [-0.3, -0.25) is 14.3 Å². The molecule has 0 radical (unpaired) electrons. The largest absolute Gasteiger partial charge is 0.432 e. The van der Waals surface area contributed by atoms with E-state index in [0.717, 1.165) is 5.69 Å². The van der Waals surface area contributed by atoms with Crippen molar-refractivity contribution in [3.05, 3.63) is 71.5 Å². The molecule has 5 rings (SSSR count). The van der Waals surface area contributed by atoms with E-state index in [2.05, 4.69) is 15.6 Å². The molecule has 0 bridgehead atoms. The Kier molecular flexibility index (Phi) is 7.18. The van der Waals surface area contributed by atoms with E-state index in [1.807, 2.05) is 50.3 Å². The number of carbonyl (C=O) groups excluding carboxylic acids is 2. The summed E-state index contributed by atoms with van der Waals surface area (Å²) in [6.07, 6.45) is 2.38. The number of hydrogen-bond acceptors (Lipinski definition) is 7. The number of fused-ring (bicyclic) bond motifs is 2. The maximum absolute atomic E-state index is 13.9. The van der Waals surface area contributed by atoms with Crippen molar-refractivity contribution in [3.8, 4) is 0 Å². The molecule has 2 aliphatic rings. The van der Waals surface area contributed by atoms with Crippen LogP contribution in [-0.4, -0.2) is 64.8 Å². The van der Waals surface area contributed by atoms with Crippen molar-refractivity contribution in [1.82, 2.24) is 15.0 Å². The first-order valence-corrected chi connectivity index (χ1v) is 16.3. The minimum Gasteiger partial charge on any atom is -0.432 e. The maximum atomic E-state index is 13.9. The number of nitrogens with zero attached hydrogens (tertiary/aromatic N) is 4. The number of rotatable bonds is 8. The molecular formula is C28H35N5O5Si. The highest BCUT2D eigenvalue weighted by Crippen LogP contribution is 2.59. The maximum Gasteiger partial charge on any atom is 0.264 e. The van der Waals surface area contributed by atoms with E-state index in [1.54, 1.807) is 41.0 Å². The standard InChI is InChI=1S/C28H35N5O5Si/c1-18-25(39(3,4)37)24(12-14-33-17-21(13-15-34)30-31-33)38-28(18)22-16-20(10-11-23(22)32(2)27(28)36)29-26(35)19-8-6-5-7-9-19/h5-11,16-18,24-25,34,37H,12-15H2,1-4H3,(H,29,35)/t18-,24+,25-,28+/m1/s1. The summed E-state index contributed by atoms with van der Waals surface area (Å²) in [6, 6.07) is 14.4. The molecule has 1 aromatic heterocycles. The van der Waals surface area contributed by atoms with Crippen molar-refractivity contribution in [2.75, 3.05) is 23.9 Å². The summed E-state index contributed by atoms with van der Waals surface area (Å²) < 4.78 is 8.47. The molecule has 1 fully saturated rings. The molecule has 11 heteroatoms. The lowest BCUT2D eigenvalue weighted by atomic mass is 9.82. The molecule has 3 aromatic rings. The Bertz CT molecular complexity index is 1370. The summed E-state index contributed by atoms with van der Waals surface area (Å²) in [7, 11) is -1.06. The summed E-state index contributed by atoms with van der Waals surface area (Å²) in [5.41, 5.74) is 1.75. The summed E-state index contributed by atoms with van der Waals surface area (Å²) in [6.45, 7) is 6.26. The molecule has 2 aromatic carbocycles. The number of hydrogen-bond donors (Lipinski definition) is 3. The first-order valence-electron chi connectivity index (χ1n) is 13.3. The topological polar surface area (TPSA) is 130 Å². The SMILES string of the molecule is C[C@@H]1[C@@H]([Si](C)(C)O)[C@H](CCn2cc(CCO)nn2)O[C@@]12C(=O)N(C)c1ccc(NC(=O)c3ccccc3)cc12. The summed E-state index contributed by atoms with van der Waals surface area (Å²) in [4.78, 5) is 39.8. The van der Waals surface area contributed by atoms with Crippen molar-refractivity contribution in [2.24, 2.45) is 5.92 Å². The Labute approximate surface area is 228 Å². The van der Waals surface area contributed by atoms with Gasteiger partial charge in [-0.1, -0.05) is 30.3 Å². The quantitative estimate of drug-likeness (QED) is 0.369. The molecule has 0 unspecified atom stereocenters. The number of likely N-dealkylation sites (N-methyl/N-ethyl adjacent to an activating group) is 1. The molecule has 1 saturated heterocycles. The number of nitrogens with one attached hydrogen (secondary N) is 1. The van der Waals surface area contributed by atoms with Crippen molar-refractivity contribution in [3.63, 3.8) is 0 Å². The number of benzene rings is 2. The van der Waals surface area contributed by atoms with Crippen LogP contribution in [0.25, 0.3) is 0 Å². The second-order valence-corrected chi connectivity index (χ2v) is 15.0. The van der Waals surface area contributed by atoms with Gasteiger partial charge in [-0.25, -0.2) is 0 Å². The summed E-state index contributed by atoms with van der Waals surface area (Å²) >= 11 is 0. The fourth-order valence-corrected chi connectivity index (χ4v) is 8.86. The number of aliphatic hydroxyl groups is 1. The number of aromatic nitrogens is 3. The van der Waals surface area contributed by atoms with Crippen molar-refractivity contribution in [2.45, 2.75) is 56.7 Å². The Morgan fingerprint density at radius 1 is 1.21 bits per heavy atom. The van der Waals surface area contributed by atoms with Gasteiger partial charge in [0.1, 0.15) is 0 Å². The van der Waals surface area contributed by atoms with E-state index >= 15 is 0 Å². The molecule has 3 N–H and O–H groups in total. The van der Waals surface area contributed by atoms with E-state index in [-0.39, 0.29) is 36.0 Å². The van der Waals surface area contributed by atoms with Crippen LogP contribution >= 0.6 is 0 Å². The van der Waals surface area contributed by atoms with Crippen molar-refractivity contribution < 1.29 is 24.2 Å². The smallest absolute Gasteiger partial charge is 0.264 e. The first-order chi connectivity index (χ1) is 18.6. The Balaban J connectivity index is 1.47. The van der Waals surface area contributed by atoms with Gasteiger partial charge in [-0.05, 0) is 49.8 Å². The van der Waals surface area contributed by atoms with Crippen LogP contribution in [0.2, 0.25) is 18.6 Å². The highest BCUT2D eigenvalue weighted by Gasteiger charge is 2.65. The van der Waals surface area contributed by atoms with Gasteiger partial charge in [0.15, 0.2) is 13.9 Å². The Hall–Kier alpha value is -3.38. The second-order valence-electron chi connectivity index (χ2n) is 11.0. The summed E-state index contributed by atoms with van der Waals surface area (Å²) in [5.74, 6) is -0.713. The third-order valence-electron chi connectivity index (χ3n) is 8.00. The number of carbonyl (C=O) groups is 2. The van der Waals surface area contributed by atoms with Gasteiger partial charge in [0.25, 0.3) is 11.8 Å². The predicted molar refractivity (Wildman–Crippen MR) is 149 cm³/mol. The van der Waals surface area contributed by atoms with Gasteiger partial charge in [-0.2, -0.15) is 0 Å². The predicted octanol–water partition coefficient (Wildman–Crippen LogP) is 2.93. The van der Waals surface area contributed by atoms with Crippen molar-refractivity contribution >= 4 is 31.5 Å². The third kappa shape index (κ3) is 4.80. The number of anilines is 2. The molecule has 2 amide bonds. The zero-order valence-electron chi connectivity index (χ0n) is 22.7. The number of amides is 2. The monoisotopic (exact) mass is 549 g/mol. The summed E-state index contributed by atoms with van der Waals surface area (Å²) in [5, 5.41) is 20.4. The van der Waals surface area contributed by atoms with E-state index in [0.29, 0.717) is 41.9 Å². The minimum absolute atomic E-state index is 0.000328. The molecule has 1 spiro atoms. The first kappa shape index (κ1) is 27.2. The van der Waals surface area contributed by atoms with E-state index in [4.69, 9.17) is 4.74 Å². The van der Waals surface area contributed by atoms with Crippen LogP contribution < -0.4 is 10.2 Å². The fraction of sp³-hybridized carbons (Fsp3) is 0.429. The van der Waals surface area contributed by atoms with Gasteiger partial charge in [0.2, 0.25) is 0 Å². The van der Waals surface area contributed by atoms with Crippen LogP contribution in [0.1, 0.15) is 35.0 Å². The molecular weight excluding hydrogens is 514 g/mol. The Morgan fingerprint density at radius 3 is 2.64 bits per heavy atom. The molecule has 0 aliphatic carbocycles. The molecule has 3 heterocycles. The van der Waals surface area contributed by atoms with Gasteiger partial charge in [-0.15, -0.1) is 5.10 Å². The van der Waals surface area contributed by atoms with Crippen LogP contribution in [0.3, 0.4) is 0 Å². The van der Waals surface area contributed by atoms with E-state index in [9.17, 15) is 19.5 Å². The molecule has 39 heavy (non-hydrogen) atoms. The average molecular weight is 550 g/mol. The number of aliphatic hydroxyl groups excluding tert-OH is 1. The van der Waals surface area contributed by atoms with Gasteiger partial charge in [0.05, 0.1) is 17.5 Å². The molecule has 10 nitrogen and oxygen atoms in total. The van der Waals surface area contributed by atoms with Crippen molar-refractivity contribution in [1.29, 1.82) is 0 Å². The Morgan fingerprint density at radius 2 is 1.95 bits per heavy atom. The van der Waals surface area contributed by atoms with Crippen LogP contribution in [0.15, 0.2) is 54.7 Å². The molecule has 0 saturated carbocycles. The number of aryl methyl sites for hydroxylation is 1. The zero-order chi connectivity index (χ0) is 27.9. The lowest BCUT2D eigenvalue weighted by Gasteiger charge is -2.32. The zero-order valence-corrected chi connectivity index (χ0v) is 23.7. The lowest BCUT2D eigenvalue weighted by Crippen LogP contribution is -2.45. The van der Waals surface area contributed by atoms with Gasteiger partial charge < -0.3 is 24.9 Å². The molecule has 206 valence electrons. The highest BCUT2D eigenvalue weighted by molar-refractivity contribution is 6.71. The molecule has 4 atom stereocenters. The van der Waals surface area contributed by atoms with Crippen LogP contribution in [0.5, 0.6) is 0 Å². The van der Waals surface area contributed by atoms with E-state index < -0.39 is 13.9 Å². The van der Waals surface area contributed by atoms with E-state index in [1.165, 1.54) is 0 Å². The van der Waals surface area contributed by atoms with Crippen LogP contribution in [0, 0.1) is 5.92 Å². The highest BCUT2D eigenvalue weighted by atomic mass is 28.4. The molecule has 2 aliphatic heterocycles.